The molecule has 0 aromatic heterocycles. The second-order valence-corrected chi connectivity index (χ2v) is 8.79. The molecule has 10 heteroatoms. The Labute approximate surface area is 189 Å². The van der Waals surface area contributed by atoms with Gasteiger partial charge in [0.05, 0.1) is 16.1 Å². The molecule has 0 radical (unpaired) electrons. The number of rotatable bonds is 8. The Bertz CT molecular complexity index is 1240. The summed E-state index contributed by atoms with van der Waals surface area (Å²) in [5, 5.41) is 2.42. The normalized spacial score (nSPS) is 11.1. The Morgan fingerprint density at radius 1 is 0.969 bits per heavy atom. The maximum absolute atomic E-state index is 13.7. The van der Waals surface area contributed by atoms with E-state index in [9.17, 15) is 22.4 Å². The van der Waals surface area contributed by atoms with Crippen LogP contribution in [-0.4, -0.2) is 26.9 Å². The zero-order chi connectivity index (χ0) is 23.1. The van der Waals surface area contributed by atoms with E-state index in [2.05, 4.69) is 10.0 Å². The predicted octanol–water partition coefficient (Wildman–Crippen LogP) is 3.75. The maximum Gasteiger partial charge on any atom is 0.338 e. The molecule has 1 amide bonds. The quantitative estimate of drug-likeness (QED) is 0.482. The standard InChI is InChI=1S/C22H18ClFN2O5S/c23-17-9-10-20(19(24)12-17)26-21(27)14-31-22(28)16-7-4-8-18(11-16)32(29,30)25-13-15-5-2-1-3-6-15/h1-12,25H,13-14H2,(H,26,27). The molecule has 3 rings (SSSR count). The molecule has 7 nitrogen and oxygen atoms in total. The van der Waals surface area contributed by atoms with E-state index in [4.69, 9.17) is 16.3 Å². The summed E-state index contributed by atoms with van der Waals surface area (Å²) in [6, 6.07) is 17.9. The van der Waals surface area contributed by atoms with Crippen LogP contribution in [0.2, 0.25) is 5.02 Å². The van der Waals surface area contributed by atoms with E-state index in [1.165, 1.54) is 30.3 Å². The van der Waals surface area contributed by atoms with Gasteiger partial charge in [0, 0.05) is 11.6 Å². The van der Waals surface area contributed by atoms with Crippen molar-refractivity contribution in [2.45, 2.75) is 11.4 Å². The molecule has 0 unspecified atom stereocenters. The molecule has 0 atom stereocenters. The summed E-state index contributed by atoms with van der Waals surface area (Å²) >= 11 is 5.65. The fraction of sp³-hybridized carbons (Fsp3) is 0.0909. The number of amides is 1. The molecule has 2 N–H and O–H groups in total. The van der Waals surface area contributed by atoms with Crippen molar-refractivity contribution in [1.82, 2.24) is 4.72 Å². The molecule has 0 aliphatic heterocycles. The van der Waals surface area contributed by atoms with Gasteiger partial charge in [-0.1, -0.05) is 48.0 Å². The van der Waals surface area contributed by atoms with Crippen LogP contribution in [0.15, 0.2) is 77.7 Å². The number of halogens is 2. The summed E-state index contributed by atoms with van der Waals surface area (Å²) in [6.07, 6.45) is 0. The lowest BCUT2D eigenvalue weighted by molar-refractivity contribution is -0.119. The number of carbonyl (C=O) groups is 2. The molecule has 0 spiro atoms. The number of anilines is 1. The van der Waals surface area contributed by atoms with Gasteiger partial charge in [0.2, 0.25) is 10.0 Å². The van der Waals surface area contributed by atoms with Gasteiger partial charge in [0.25, 0.3) is 5.91 Å². The Morgan fingerprint density at radius 3 is 2.44 bits per heavy atom. The Kier molecular flexibility index (Phi) is 7.57. The van der Waals surface area contributed by atoms with Gasteiger partial charge in [-0.15, -0.1) is 0 Å². The predicted molar refractivity (Wildman–Crippen MR) is 117 cm³/mol. The molecular weight excluding hydrogens is 459 g/mol. The van der Waals surface area contributed by atoms with Crippen molar-refractivity contribution in [1.29, 1.82) is 0 Å². The van der Waals surface area contributed by atoms with Gasteiger partial charge in [-0.25, -0.2) is 22.3 Å². The lowest BCUT2D eigenvalue weighted by atomic mass is 10.2. The lowest BCUT2D eigenvalue weighted by Crippen LogP contribution is -2.24. The average Bonchev–Trinajstić information content (AvgIpc) is 2.79. The molecule has 0 saturated heterocycles. The third-order valence-corrected chi connectivity index (χ3v) is 5.86. The van der Waals surface area contributed by atoms with Crippen molar-refractivity contribution in [2.24, 2.45) is 0 Å². The number of hydrogen-bond donors (Lipinski definition) is 2. The van der Waals surface area contributed by atoms with E-state index in [0.717, 1.165) is 17.7 Å². The second kappa shape index (κ2) is 10.4. The first kappa shape index (κ1) is 23.4. The number of ether oxygens (including phenoxy) is 1. The number of esters is 1. The largest absolute Gasteiger partial charge is 0.452 e. The van der Waals surface area contributed by atoms with Crippen LogP contribution in [0.4, 0.5) is 10.1 Å². The van der Waals surface area contributed by atoms with Crippen LogP contribution in [0.3, 0.4) is 0 Å². The molecule has 32 heavy (non-hydrogen) atoms. The summed E-state index contributed by atoms with van der Waals surface area (Å²) in [4.78, 5) is 24.1. The van der Waals surface area contributed by atoms with Crippen molar-refractivity contribution < 1.29 is 27.1 Å². The SMILES string of the molecule is O=C(COC(=O)c1cccc(S(=O)(=O)NCc2ccccc2)c1)Nc1ccc(Cl)cc1F. The van der Waals surface area contributed by atoms with Gasteiger partial charge in [-0.3, -0.25) is 4.79 Å². The molecule has 166 valence electrons. The average molecular weight is 477 g/mol. The van der Waals surface area contributed by atoms with E-state index in [-0.39, 0.29) is 27.7 Å². The number of hydrogen-bond acceptors (Lipinski definition) is 5. The Hall–Kier alpha value is -3.27. The minimum absolute atomic E-state index is 0.0574. The summed E-state index contributed by atoms with van der Waals surface area (Å²) in [5.74, 6) is -2.41. The fourth-order valence-electron chi connectivity index (χ4n) is 2.64. The van der Waals surface area contributed by atoms with Crippen molar-refractivity contribution in [2.75, 3.05) is 11.9 Å². The van der Waals surface area contributed by atoms with Gasteiger partial charge in [-0.05, 0) is 42.0 Å². The maximum atomic E-state index is 13.7. The number of sulfonamides is 1. The fourth-order valence-corrected chi connectivity index (χ4v) is 3.86. The van der Waals surface area contributed by atoms with Crippen LogP contribution >= 0.6 is 11.6 Å². The zero-order valence-corrected chi connectivity index (χ0v) is 18.1. The van der Waals surface area contributed by atoms with Gasteiger partial charge >= 0.3 is 5.97 Å². The molecule has 0 aliphatic rings. The minimum atomic E-state index is -3.88. The Balaban J connectivity index is 1.60. The van der Waals surface area contributed by atoms with Crippen LogP contribution in [-0.2, 0) is 26.1 Å². The van der Waals surface area contributed by atoms with E-state index in [1.807, 2.05) is 6.07 Å². The lowest BCUT2D eigenvalue weighted by Gasteiger charge is -2.10. The van der Waals surface area contributed by atoms with Gasteiger partial charge in [-0.2, -0.15) is 0 Å². The van der Waals surface area contributed by atoms with E-state index in [1.54, 1.807) is 24.3 Å². The van der Waals surface area contributed by atoms with E-state index < -0.39 is 34.3 Å². The van der Waals surface area contributed by atoms with Gasteiger partial charge in [0.15, 0.2) is 6.61 Å². The first-order valence-corrected chi connectivity index (χ1v) is 11.2. The molecule has 3 aromatic rings. The molecule has 0 saturated carbocycles. The van der Waals surface area contributed by atoms with Gasteiger partial charge < -0.3 is 10.1 Å². The highest BCUT2D eigenvalue weighted by Crippen LogP contribution is 2.19. The minimum Gasteiger partial charge on any atom is -0.452 e. The smallest absolute Gasteiger partial charge is 0.338 e. The van der Waals surface area contributed by atoms with E-state index >= 15 is 0 Å². The molecule has 0 aliphatic carbocycles. The summed E-state index contributed by atoms with van der Waals surface area (Å²) < 4.78 is 46.2. The third-order valence-electron chi connectivity index (χ3n) is 4.23. The first-order chi connectivity index (χ1) is 15.2. The van der Waals surface area contributed by atoms with Crippen molar-refractivity contribution in [3.05, 3.63) is 94.8 Å². The highest BCUT2D eigenvalue weighted by molar-refractivity contribution is 7.89. The van der Waals surface area contributed by atoms with Crippen molar-refractivity contribution in [3.8, 4) is 0 Å². The second-order valence-electron chi connectivity index (χ2n) is 6.59. The van der Waals surface area contributed by atoms with Crippen LogP contribution in [0, 0.1) is 5.82 Å². The zero-order valence-electron chi connectivity index (χ0n) is 16.5. The summed E-state index contributed by atoms with van der Waals surface area (Å²) in [7, 11) is -3.88. The van der Waals surface area contributed by atoms with Crippen molar-refractivity contribution >= 4 is 39.2 Å². The Morgan fingerprint density at radius 2 is 1.72 bits per heavy atom. The number of nitrogens with one attached hydrogen (secondary N) is 2. The molecule has 0 bridgehead atoms. The molecular formula is C22H18ClFN2O5S. The van der Waals surface area contributed by atoms with Crippen LogP contribution in [0.1, 0.15) is 15.9 Å². The third kappa shape index (κ3) is 6.36. The summed E-state index contributed by atoms with van der Waals surface area (Å²) in [5.41, 5.74) is 0.598. The summed E-state index contributed by atoms with van der Waals surface area (Å²) in [6.45, 7) is -0.608. The number of carbonyl (C=O) groups excluding carboxylic acids is 2. The molecule has 0 fully saturated rings. The van der Waals surface area contributed by atoms with Gasteiger partial charge in [0.1, 0.15) is 5.82 Å². The van der Waals surface area contributed by atoms with Crippen LogP contribution in [0.25, 0.3) is 0 Å². The first-order valence-electron chi connectivity index (χ1n) is 9.30. The molecule has 3 aromatic carbocycles. The monoisotopic (exact) mass is 476 g/mol. The highest BCUT2D eigenvalue weighted by atomic mass is 35.5. The van der Waals surface area contributed by atoms with Crippen LogP contribution in [0.5, 0.6) is 0 Å². The van der Waals surface area contributed by atoms with E-state index in [0.29, 0.717) is 0 Å². The van der Waals surface area contributed by atoms with Crippen LogP contribution < -0.4 is 10.0 Å². The topological polar surface area (TPSA) is 102 Å². The number of benzene rings is 3. The highest BCUT2D eigenvalue weighted by Gasteiger charge is 2.18. The van der Waals surface area contributed by atoms with Crippen molar-refractivity contribution in [3.63, 3.8) is 0 Å². The molecule has 0 heterocycles.